The maximum Gasteiger partial charge on any atom is 0.169 e. The molecule has 2 heterocycles. The van der Waals surface area contributed by atoms with Crippen LogP contribution in [-0.4, -0.2) is 31.0 Å². The van der Waals surface area contributed by atoms with Crippen molar-refractivity contribution in [1.29, 1.82) is 0 Å². The minimum atomic E-state index is -0.837. The fourth-order valence-electron chi connectivity index (χ4n) is 2.61. The standard InChI is InChI=1S/C16H20N4OS/c1-4-22-15-19-12-13(20(15)9-16(2,3)21)10-7-5-6-8-11(10)18-14(12)17/h5-8,21H,4,9H2,1-3H3,(H2,17,18). The third kappa shape index (κ3) is 2.64. The Morgan fingerprint density at radius 3 is 2.68 bits per heavy atom. The van der Waals surface area contributed by atoms with Crippen molar-refractivity contribution in [2.45, 2.75) is 38.1 Å². The Morgan fingerprint density at radius 2 is 2.00 bits per heavy atom. The molecule has 22 heavy (non-hydrogen) atoms. The highest BCUT2D eigenvalue weighted by molar-refractivity contribution is 7.99. The number of anilines is 1. The molecule has 0 amide bonds. The lowest BCUT2D eigenvalue weighted by Gasteiger charge is -2.20. The van der Waals surface area contributed by atoms with E-state index in [1.165, 1.54) is 0 Å². The monoisotopic (exact) mass is 316 g/mol. The zero-order chi connectivity index (χ0) is 15.9. The molecule has 5 nitrogen and oxygen atoms in total. The van der Waals surface area contributed by atoms with Crippen LogP contribution in [0.1, 0.15) is 20.8 Å². The molecule has 0 aliphatic carbocycles. The van der Waals surface area contributed by atoms with E-state index in [1.54, 1.807) is 25.6 Å². The third-order valence-electron chi connectivity index (χ3n) is 3.39. The van der Waals surface area contributed by atoms with Crippen LogP contribution in [0.5, 0.6) is 0 Å². The van der Waals surface area contributed by atoms with E-state index in [-0.39, 0.29) is 0 Å². The first-order chi connectivity index (χ1) is 10.4. The number of aromatic nitrogens is 3. The summed E-state index contributed by atoms with van der Waals surface area (Å²) in [7, 11) is 0. The summed E-state index contributed by atoms with van der Waals surface area (Å²) >= 11 is 1.64. The van der Waals surface area contributed by atoms with Gasteiger partial charge in [0.05, 0.1) is 23.2 Å². The van der Waals surface area contributed by atoms with Crippen molar-refractivity contribution in [3.63, 3.8) is 0 Å². The van der Waals surface area contributed by atoms with Gasteiger partial charge >= 0.3 is 0 Å². The average molecular weight is 316 g/mol. The SMILES string of the molecule is CCSc1nc2c(N)nc3ccccc3c2n1CC(C)(C)O. The molecular formula is C16H20N4OS. The predicted octanol–water partition coefficient (Wildman–Crippen LogP) is 3.05. The predicted molar refractivity (Wildman–Crippen MR) is 92.1 cm³/mol. The van der Waals surface area contributed by atoms with Crippen molar-refractivity contribution >= 4 is 39.5 Å². The zero-order valence-corrected chi connectivity index (χ0v) is 13.8. The van der Waals surface area contributed by atoms with Crippen molar-refractivity contribution < 1.29 is 5.11 Å². The number of aliphatic hydroxyl groups is 1. The van der Waals surface area contributed by atoms with E-state index < -0.39 is 5.60 Å². The topological polar surface area (TPSA) is 77.0 Å². The van der Waals surface area contributed by atoms with E-state index in [4.69, 9.17) is 5.73 Å². The molecule has 0 bridgehead atoms. The van der Waals surface area contributed by atoms with E-state index in [0.717, 1.165) is 27.3 Å². The van der Waals surface area contributed by atoms with Gasteiger partial charge in [-0.15, -0.1) is 0 Å². The van der Waals surface area contributed by atoms with Gasteiger partial charge in [-0.1, -0.05) is 36.9 Å². The molecule has 3 rings (SSSR count). The largest absolute Gasteiger partial charge is 0.389 e. The van der Waals surface area contributed by atoms with E-state index in [9.17, 15) is 5.11 Å². The summed E-state index contributed by atoms with van der Waals surface area (Å²) in [5.74, 6) is 1.33. The molecule has 0 aliphatic heterocycles. The summed E-state index contributed by atoms with van der Waals surface area (Å²) in [6.45, 7) is 6.13. The number of benzene rings is 1. The van der Waals surface area contributed by atoms with Gasteiger partial charge in [0, 0.05) is 5.39 Å². The lowest BCUT2D eigenvalue weighted by molar-refractivity contribution is 0.0603. The molecular weight excluding hydrogens is 296 g/mol. The minimum Gasteiger partial charge on any atom is -0.389 e. The van der Waals surface area contributed by atoms with Crippen LogP contribution in [0, 0.1) is 0 Å². The number of fused-ring (bicyclic) bond motifs is 3. The number of pyridine rings is 1. The number of nitrogens with zero attached hydrogens (tertiary/aromatic N) is 3. The molecule has 0 aliphatic rings. The number of imidazole rings is 1. The Hall–Kier alpha value is -1.79. The average Bonchev–Trinajstić information content (AvgIpc) is 2.77. The van der Waals surface area contributed by atoms with Crippen LogP contribution in [0.15, 0.2) is 29.4 Å². The Bertz CT molecular complexity index is 835. The third-order valence-corrected chi connectivity index (χ3v) is 4.25. The van der Waals surface area contributed by atoms with Crippen molar-refractivity contribution in [3.8, 4) is 0 Å². The second-order valence-corrected chi connectivity index (χ2v) is 7.17. The van der Waals surface area contributed by atoms with Crippen LogP contribution < -0.4 is 5.73 Å². The van der Waals surface area contributed by atoms with Crippen LogP contribution in [0.4, 0.5) is 5.82 Å². The van der Waals surface area contributed by atoms with Crippen LogP contribution in [-0.2, 0) is 6.54 Å². The van der Waals surface area contributed by atoms with Gasteiger partial charge in [0.15, 0.2) is 11.0 Å². The van der Waals surface area contributed by atoms with E-state index in [1.807, 2.05) is 24.3 Å². The summed E-state index contributed by atoms with van der Waals surface area (Å²) < 4.78 is 2.06. The molecule has 1 aromatic carbocycles. The molecule has 0 radical (unpaired) electrons. The van der Waals surface area contributed by atoms with Crippen LogP contribution in [0.3, 0.4) is 0 Å². The van der Waals surface area contributed by atoms with Crippen molar-refractivity contribution in [2.24, 2.45) is 0 Å². The number of para-hydroxylation sites is 1. The maximum atomic E-state index is 10.3. The normalized spacial score (nSPS) is 12.4. The van der Waals surface area contributed by atoms with Crippen LogP contribution in [0.2, 0.25) is 0 Å². The Morgan fingerprint density at radius 1 is 1.27 bits per heavy atom. The minimum absolute atomic E-state index is 0.432. The fourth-order valence-corrected chi connectivity index (χ4v) is 3.34. The maximum absolute atomic E-state index is 10.3. The highest BCUT2D eigenvalue weighted by atomic mass is 32.2. The molecule has 116 valence electrons. The van der Waals surface area contributed by atoms with Crippen molar-refractivity contribution in [2.75, 3.05) is 11.5 Å². The van der Waals surface area contributed by atoms with Crippen LogP contribution in [0.25, 0.3) is 21.9 Å². The van der Waals surface area contributed by atoms with Gasteiger partial charge in [-0.3, -0.25) is 0 Å². The number of hydrogen-bond donors (Lipinski definition) is 2. The van der Waals surface area contributed by atoms with Gasteiger partial charge < -0.3 is 15.4 Å². The quantitative estimate of drug-likeness (QED) is 0.723. The van der Waals surface area contributed by atoms with Gasteiger partial charge in [0.2, 0.25) is 0 Å². The number of nitrogen functional groups attached to an aromatic ring is 1. The lowest BCUT2D eigenvalue weighted by atomic mass is 10.1. The first kappa shape index (κ1) is 15.1. The van der Waals surface area contributed by atoms with E-state index in [0.29, 0.717) is 17.9 Å². The van der Waals surface area contributed by atoms with E-state index >= 15 is 0 Å². The van der Waals surface area contributed by atoms with Gasteiger partial charge in [0.25, 0.3) is 0 Å². The first-order valence-electron chi connectivity index (χ1n) is 7.30. The van der Waals surface area contributed by atoms with Crippen molar-refractivity contribution in [1.82, 2.24) is 14.5 Å². The number of rotatable bonds is 4. The zero-order valence-electron chi connectivity index (χ0n) is 13.0. The highest BCUT2D eigenvalue weighted by Gasteiger charge is 2.22. The smallest absolute Gasteiger partial charge is 0.169 e. The highest BCUT2D eigenvalue weighted by Crippen LogP contribution is 2.33. The fraction of sp³-hybridized carbons (Fsp3) is 0.375. The first-order valence-corrected chi connectivity index (χ1v) is 8.29. The molecule has 0 saturated carbocycles. The molecule has 0 atom stereocenters. The van der Waals surface area contributed by atoms with Crippen LogP contribution >= 0.6 is 11.8 Å². The molecule has 3 N–H and O–H groups in total. The summed E-state index contributed by atoms with van der Waals surface area (Å²) in [5, 5.41) is 12.1. The number of thioether (sulfide) groups is 1. The molecule has 2 aromatic heterocycles. The molecule has 0 unspecified atom stereocenters. The summed E-state index contributed by atoms with van der Waals surface area (Å²) in [6.07, 6.45) is 0. The summed E-state index contributed by atoms with van der Waals surface area (Å²) in [5.41, 5.74) is 7.77. The number of nitrogens with two attached hydrogens (primary N) is 1. The molecule has 6 heteroatoms. The van der Waals surface area contributed by atoms with E-state index in [2.05, 4.69) is 21.5 Å². The Labute approximate surface area is 133 Å². The Balaban J connectivity index is 2.39. The molecule has 0 saturated heterocycles. The molecule has 0 fully saturated rings. The Kier molecular flexibility index (Phi) is 3.74. The second-order valence-electron chi connectivity index (χ2n) is 5.94. The number of hydrogen-bond acceptors (Lipinski definition) is 5. The lowest BCUT2D eigenvalue weighted by Crippen LogP contribution is -2.26. The second kappa shape index (κ2) is 5.44. The van der Waals surface area contributed by atoms with Gasteiger partial charge in [-0.25, -0.2) is 9.97 Å². The van der Waals surface area contributed by atoms with Gasteiger partial charge in [0.1, 0.15) is 5.52 Å². The molecule has 0 spiro atoms. The summed E-state index contributed by atoms with van der Waals surface area (Å²) in [4.78, 5) is 9.11. The summed E-state index contributed by atoms with van der Waals surface area (Å²) in [6, 6.07) is 7.89. The van der Waals surface area contributed by atoms with Gasteiger partial charge in [-0.05, 0) is 25.7 Å². The molecule has 3 aromatic rings. The van der Waals surface area contributed by atoms with Gasteiger partial charge in [-0.2, -0.15) is 0 Å². The van der Waals surface area contributed by atoms with Crippen molar-refractivity contribution in [3.05, 3.63) is 24.3 Å².